The number of hydrogen-bond donors (Lipinski definition) is 2. The maximum atomic E-state index is 11.8. The SMILES string of the molecule is CCCCc1nc(Cl)c(COc2ccc(/C=C3\SC(=O)NC3=O)cc2)n1Cc1ccc(-c2ccccc2-c2nn[nH]n2)cc1. The maximum Gasteiger partial charge on any atom is 0.290 e. The highest BCUT2D eigenvalue weighted by molar-refractivity contribution is 8.18. The number of tetrazole rings is 1. The van der Waals surface area contributed by atoms with E-state index in [-0.39, 0.29) is 17.8 Å². The van der Waals surface area contributed by atoms with Crippen LogP contribution in [0.15, 0.2) is 77.7 Å². The predicted molar refractivity (Wildman–Crippen MR) is 170 cm³/mol. The lowest BCUT2D eigenvalue weighted by Gasteiger charge is -2.14. The average molecular weight is 626 g/mol. The summed E-state index contributed by atoms with van der Waals surface area (Å²) in [5.41, 5.74) is 5.66. The second-order valence-corrected chi connectivity index (χ2v) is 11.5. The zero-order valence-corrected chi connectivity index (χ0v) is 25.4. The number of aromatic nitrogens is 6. The van der Waals surface area contributed by atoms with Crippen molar-refractivity contribution in [1.29, 1.82) is 0 Å². The smallest absolute Gasteiger partial charge is 0.290 e. The Bertz CT molecular complexity index is 1820. The molecule has 1 aliphatic rings. The van der Waals surface area contributed by atoms with Gasteiger partial charge in [0.1, 0.15) is 18.2 Å². The number of imidazole rings is 1. The van der Waals surface area contributed by atoms with Gasteiger partial charge in [-0.1, -0.05) is 85.6 Å². The van der Waals surface area contributed by atoms with Gasteiger partial charge in [-0.2, -0.15) is 5.21 Å². The monoisotopic (exact) mass is 625 g/mol. The van der Waals surface area contributed by atoms with Crippen LogP contribution in [0.2, 0.25) is 5.15 Å². The molecule has 6 rings (SSSR count). The van der Waals surface area contributed by atoms with Crippen LogP contribution in [0.4, 0.5) is 4.79 Å². The van der Waals surface area contributed by atoms with Crippen LogP contribution in [-0.2, 0) is 24.4 Å². The Labute approximate surface area is 262 Å². The molecule has 3 aromatic carbocycles. The Morgan fingerprint density at radius 2 is 1.77 bits per heavy atom. The van der Waals surface area contributed by atoms with Gasteiger partial charge in [0.05, 0.1) is 10.6 Å². The number of benzene rings is 3. The molecule has 0 atom stereocenters. The first-order valence-corrected chi connectivity index (χ1v) is 15.3. The van der Waals surface area contributed by atoms with Gasteiger partial charge in [-0.25, -0.2) is 4.98 Å². The van der Waals surface area contributed by atoms with Crippen LogP contribution in [0, 0.1) is 0 Å². The number of nitrogens with one attached hydrogen (secondary N) is 2. The molecule has 1 aliphatic heterocycles. The number of carbonyl (C=O) groups is 2. The van der Waals surface area contributed by atoms with Crippen molar-refractivity contribution in [2.45, 2.75) is 39.3 Å². The zero-order chi connectivity index (χ0) is 30.5. The molecule has 0 bridgehead atoms. The Balaban J connectivity index is 1.20. The van der Waals surface area contributed by atoms with Gasteiger partial charge in [-0.15, -0.1) is 10.2 Å². The Kier molecular flexibility index (Phi) is 8.85. The van der Waals surface area contributed by atoms with Crippen molar-refractivity contribution in [3.63, 3.8) is 0 Å². The molecule has 0 aliphatic carbocycles. The Morgan fingerprint density at radius 1 is 1.00 bits per heavy atom. The summed E-state index contributed by atoms with van der Waals surface area (Å²) in [6, 6.07) is 23.7. The summed E-state index contributed by atoms with van der Waals surface area (Å²) in [5, 5.41) is 16.8. The zero-order valence-electron chi connectivity index (χ0n) is 23.8. The number of nitrogens with zero attached hydrogens (tertiary/aromatic N) is 5. The fourth-order valence-electron chi connectivity index (χ4n) is 4.92. The van der Waals surface area contributed by atoms with E-state index in [1.807, 2.05) is 48.5 Å². The number of carbonyl (C=O) groups excluding carboxylic acids is 2. The number of H-pyrrole nitrogens is 1. The average Bonchev–Trinajstić information content (AvgIpc) is 3.76. The van der Waals surface area contributed by atoms with Crippen molar-refractivity contribution in [3.8, 4) is 28.3 Å². The van der Waals surface area contributed by atoms with E-state index in [1.54, 1.807) is 6.08 Å². The van der Waals surface area contributed by atoms with Crippen molar-refractivity contribution in [3.05, 3.63) is 105 Å². The number of aryl methyl sites for hydroxylation is 1. The van der Waals surface area contributed by atoms with Gasteiger partial charge in [0, 0.05) is 18.5 Å². The van der Waals surface area contributed by atoms with Crippen molar-refractivity contribution < 1.29 is 14.3 Å². The fourth-order valence-corrected chi connectivity index (χ4v) is 5.85. The molecule has 222 valence electrons. The van der Waals surface area contributed by atoms with E-state index >= 15 is 0 Å². The minimum atomic E-state index is -0.384. The topological polar surface area (TPSA) is 128 Å². The van der Waals surface area contributed by atoms with Crippen LogP contribution in [0.3, 0.4) is 0 Å². The lowest BCUT2D eigenvalue weighted by Crippen LogP contribution is -2.17. The van der Waals surface area contributed by atoms with Gasteiger partial charge in [0.25, 0.3) is 11.1 Å². The predicted octanol–water partition coefficient (Wildman–Crippen LogP) is 6.68. The van der Waals surface area contributed by atoms with Crippen molar-refractivity contribution in [1.82, 2.24) is 35.5 Å². The van der Waals surface area contributed by atoms with E-state index in [2.05, 4.69) is 61.7 Å². The Morgan fingerprint density at radius 3 is 2.45 bits per heavy atom. The normalized spacial score (nSPS) is 13.9. The van der Waals surface area contributed by atoms with E-state index in [0.29, 0.717) is 28.2 Å². The summed E-state index contributed by atoms with van der Waals surface area (Å²) in [5.74, 6) is 1.73. The number of ether oxygens (including phenoxy) is 1. The van der Waals surface area contributed by atoms with E-state index in [1.165, 1.54) is 0 Å². The molecular weight excluding hydrogens is 598 g/mol. The molecule has 44 heavy (non-hydrogen) atoms. The number of aromatic amines is 1. The van der Waals surface area contributed by atoms with Crippen molar-refractivity contribution >= 4 is 40.6 Å². The summed E-state index contributed by atoms with van der Waals surface area (Å²) in [6.45, 7) is 2.98. The molecule has 0 radical (unpaired) electrons. The molecule has 2 amide bonds. The van der Waals surface area contributed by atoms with Crippen LogP contribution >= 0.6 is 23.4 Å². The second-order valence-electron chi connectivity index (χ2n) is 10.1. The molecule has 5 aromatic rings. The maximum absolute atomic E-state index is 11.8. The molecule has 1 fully saturated rings. The molecule has 2 N–H and O–H groups in total. The standard InChI is InChI=1S/C32H28ClN7O3S/c1-2-3-8-28-34-29(33)26(19-43-23-15-11-20(12-16-23)17-27-31(41)35-32(42)44-27)40(28)18-21-9-13-22(14-10-21)24-6-4-5-7-25(24)30-36-38-39-37-30/h4-7,9-17H,2-3,8,18-19H2,1H3,(H,35,41,42)(H,36,37,38,39)/b27-17-. The molecule has 0 unspecified atom stereocenters. The number of amides is 2. The van der Waals surface area contributed by atoms with Crippen LogP contribution in [0.1, 0.15) is 42.4 Å². The summed E-state index contributed by atoms with van der Waals surface area (Å²) in [4.78, 5) is 28.3. The third-order valence-corrected chi connectivity index (χ3v) is 8.28. The quantitative estimate of drug-likeness (QED) is 0.156. The summed E-state index contributed by atoms with van der Waals surface area (Å²) >= 11 is 7.56. The third kappa shape index (κ3) is 6.58. The van der Waals surface area contributed by atoms with E-state index in [9.17, 15) is 9.59 Å². The fraction of sp³-hybridized carbons (Fsp3) is 0.188. The Hall–Kier alpha value is -4.74. The molecule has 10 nitrogen and oxygen atoms in total. The van der Waals surface area contributed by atoms with Gasteiger partial charge in [0.2, 0.25) is 5.82 Å². The molecule has 12 heteroatoms. The summed E-state index contributed by atoms with van der Waals surface area (Å²) in [7, 11) is 0. The molecule has 0 spiro atoms. The minimum absolute atomic E-state index is 0.237. The number of imide groups is 1. The summed E-state index contributed by atoms with van der Waals surface area (Å²) < 4.78 is 8.28. The van der Waals surface area contributed by atoms with Crippen LogP contribution < -0.4 is 10.1 Å². The highest BCUT2D eigenvalue weighted by Crippen LogP contribution is 2.31. The van der Waals surface area contributed by atoms with Gasteiger partial charge in [-0.05, 0) is 63.9 Å². The molecule has 3 heterocycles. The number of thioether (sulfide) groups is 1. The van der Waals surface area contributed by atoms with Gasteiger partial charge in [-0.3, -0.25) is 14.9 Å². The summed E-state index contributed by atoms with van der Waals surface area (Å²) in [6.07, 6.45) is 4.53. The lowest BCUT2D eigenvalue weighted by molar-refractivity contribution is -0.115. The molecule has 1 saturated heterocycles. The largest absolute Gasteiger partial charge is 0.487 e. The van der Waals surface area contributed by atoms with Crippen LogP contribution in [0.25, 0.3) is 28.6 Å². The van der Waals surface area contributed by atoms with Crippen molar-refractivity contribution in [2.75, 3.05) is 0 Å². The van der Waals surface area contributed by atoms with E-state index in [4.69, 9.17) is 21.3 Å². The van der Waals surface area contributed by atoms with Gasteiger partial charge < -0.3 is 9.30 Å². The third-order valence-electron chi connectivity index (χ3n) is 7.17. The molecule has 2 aromatic heterocycles. The van der Waals surface area contributed by atoms with E-state index < -0.39 is 0 Å². The van der Waals surface area contributed by atoms with Crippen LogP contribution in [0.5, 0.6) is 5.75 Å². The molecule has 0 saturated carbocycles. The lowest BCUT2D eigenvalue weighted by atomic mass is 9.98. The van der Waals surface area contributed by atoms with Crippen LogP contribution in [-0.4, -0.2) is 41.3 Å². The minimum Gasteiger partial charge on any atom is -0.487 e. The first-order chi connectivity index (χ1) is 21.5. The van der Waals surface area contributed by atoms with E-state index in [0.717, 1.165) is 70.4 Å². The van der Waals surface area contributed by atoms with Gasteiger partial charge >= 0.3 is 0 Å². The highest BCUT2D eigenvalue weighted by Gasteiger charge is 2.25. The van der Waals surface area contributed by atoms with Crippen molar-refractivity contribution in [2.24, 2.45) is 0 Å². The number of halogens is 1. The molecular formula is C32H28ClN7O3S. The number of rotatable bonds is 11. The van der Waals surface area contributed by atoms with Gasteiger partial charge in [0.15, 0.2) is 5.15 Å². The first kappa shape index (κ1) is 29.3. The number of hydrogen-bond acceptors (Lipinski definition) is 8. The number of unbranched alkanes of at least 4 members (excludes halogenated alkanes) is 1. The first-order valence-electron chi connectivity index (χ1n) is 14.1. The second kappa shape index (κ2) is 13.3. The highest BCUT2D eigenvalue weighted by atomic mass is 35.5.